The van der Waals surface area contributed by atoms with E-state index in [1.807, 2.05) is 19.1 Å². The van der Waals surface area contributed by atoms with Crippen molar-refractivity contribution in [2.24, 2.45) is 0 Å². The Balaban J connectivity index is 0.00000200. The van der Waals surface area contributed by atoms with Gasteiger partial charge in [0.25, 0.3) is 0 Å². The molecule has 1 aromatic carbocycles. The van der Waals surface area contributed by atoms with Crippen LogP contribution in [0.5, 0.6) is 0 Å². The first-order valence-corrected chi connectivity index (χ1v) is 6.56. The fraction of sp³-hybridized carbons (Fsp3) is 0.533. The standard InChI is InChI=1S/C15H19N2O2.Y/c1-12-11-13(3-4-14(12)16-2)17-8-5-15(19,6-9-17)7-10-18;/h3-4,18-19H,5-10H2,1H3;/q-1;. The predicted molar refractivity (Wildman–Crippen MR) is 74.4 cm³/mol. The van der Waals surface area contributed by atoms with E-state index in [0.717, 1.165) is 24.3 Å². The van der Waals surface area contributed by atoms with E-state index in [1.54, 1.807) is 0 Å². The van der Waals surface area contributed by atoms with Crippen LogP contribution in [0.25, 0.3) is 4.85 Å². The largest absolute Gasteiger partial charge is 0.396 e. The van der Waals surface area contributed by atoms with Crippen molar-refractivity contribution in [3.63, 3.8) is 0 Å². The van der Waals surface area contributed by atoms with Gasteiger partial charge < -0.3 is 15.1 Å². The van der Waals surface area contributed by atoms with Gasteiger partial charge in [0, 0.05) is 52.4 Å². The zero-order chi connectivity index (χ0) is 13.9. The molecule has 1 aromatic rings. The summed E-state index contributed by atoms with van der Waals surface area (Å²) in [5.74, 6) is 0. The quantitative estimate of drug-likeness (QED) is 0.822. The van der Waals surface area contributed by atoms with E-state index in [9.17, 15) is 5.11 Å². The SMILES string of the molecule is [C-]#[N+]c1ccc(N2CCC(O)(CCO)CC2)[c-]c1C.[Y]. The van der Waals surface area contributed by atoms with Gasteiger partial charge in [-0.2, -0.15) is 0 Å². The Morgan fingerprint density at radius 1 is 1.40 bits per heavy atom. The van der Waals surface area contributed by atoms with Crippen molar-refractivity contribution in [2.75, 3.05) is 24.6 Å². The third kappa shape index (κ3) is 4.02. The minimum absolute atomic E-state index is 0. The summed E-state index contributed by atoms with van der Waals surface area (Å²) in [6.45, 7) is 10.5. The zero-order valence-electron chi connectivity index (χ0n) is 11.8. The van der Waals surface area contributed by atoms with Crippen LogP contribution in [-0.2, 0) is 32.7 Å². The Bertz CT molecular complexity index is 491. The van der Waals surface area contributed by atoms with Gasteiger partial charge in [-0.3, -0.25) is 0 Å². The van der Waals surface area contributed by atoms with Crippen molar-refractivity contribution in [1.29, 1.82) is 0 Å². The van der Waals surface area contributed by atoms with Crippen LogP contribution in [0.15, 0.2) is 12.1 Å². The molecule has 0 spiro atoms. The van der Waals surface area contributed by atoms with Crippen LogP contribution in [-0.4, -0.2) is 35.5 Å². The summed E-state index contributed by atoms with van der Waals surface area (Å²) >= 11 is 0. The maximum absolute atomic E-state index is 10.2. The molecule has 1 aliphatic heterocycles. The van der Waals surface area contributed by atoms with E-state index in [-0.39, 0.29) is 39.3 Å². The van der Waals surface area contributed by atoms with Gasteiger partial charge in [-0.1, -0.05) is 24.2 Å². The molecule has 0 bridgehead atoms. The molecule has 0 unspecified atom stereocenters. The second-order valence-corrected chi connectivity index (χ2v) is 5.15. The Hall–Kier alpha value is -0.466. The van der Waals surface area contributed by atoms with Crippen molar-refractivity contribution in [3.8, 4) is 0 Å². The van der Waals surface area contributed by atoms with Gasteiger partial charge in [0.15, 0.2) is 0 Å². The molecule has 1 radical (unpaired) electrons. The Kier molecular flexibility index (Phi) is 6.61. The number of piperidine rings is 1. The van der Waals surface area contributed by atoms with Crippen LogP contribution in [0.2, 0.25) is 0 Å². The molecule has 1 heterocycles. The molecular formula is C15H19N2O2Y-. The minimum Gasteiger partial charge on any atom is -0.396 e. The fourth-order valence-electron chi connectivity index (χ4n) is 2.51. The van der Waals surface area contributed by atoms with Gasteiger partial charge in [0.2, 0.25) is 5.69 Å². The minimum atomic E-state index is -0.725. The molecule has 5 heteroatoms. The van der Waals surface area contributed by atoms with E-state index in [4.69, 9.17) is 11.7 Å². The van der Waals surface area contributed by atoms with Gasteiger partial charge in [-0.05, 0) is 19.3 Å². The van der Waals surface area contributed by atoms with Crippen LogP contribution in [0.1, 0.15) is 24.8 Å². The summed E-state index contributed by atoms with van der Waals surface area (Å²) in [5, 5.41) is 19.2. The van der Waals surface area contributed by atoms with Gasteiger partial charge in [0.1, 0.15) is 6.57 Å². The Morgan fingerprint density at radius 3 is 2.55 bits per heavy atom. The van der Waals surface area contributed by atoms with Crippen molar-refractivity contribution in [2.45, 2.75) is 31.8 Å². The number of aryl methyl sites for hydroxylation is 1. The molecule has 0 saturated carbocycles. The van der Waals surface area contributed by atoms with Gasteiger partial charge in [-0.25, -0.2) is 4.85 Å². The summed E-state index contributed by atoms with van der Waals surface area (Å²) in [4.78, 5) is 5.61. The Morgan fingerprint density at radius 2 is 2.05 bits per heavy atom. The van der Waals surface area contributed by atoms with Crippen LogP contribution in [0.3, 0.4) is 0 Å². The molecule has 0 aromatic heterocycles. The number of hydrogen-bond acceptors (Lipinski definition) is 3. The maximum atomic E-state index is 10.2. The predicted octanol–water partition coefficient (Wildman–Crippen LogP) is 2.06. The molecular weight excluding hydrogens is 329 g/mol. The number of anilines is 1. The van der Waals surface area contributed by atoms with E-state index >= 15 is 0 Å². The Labute approximate surface area is 145 Å². The third-order valence-corrected chi connectivity index (χ3v) is 3.83. The maximum Gasteiger partial charge on any atom is 0.210 e. The van der Waals surface area contributed by atoms with E-state index in [0.29, 0.717) is 24.9 Å². The molecule has 0 aliphatic carbocycles. The smallest absolute Gasteiger partial charge is 0.210 e. The molecule has 2 rings (SSSR count). The first kappa shape index (κ1) is 17.6. The van der Waals surface area contributed by atoms with Crippen molar-refractivity contribution < 1.29 is 42.9 Å². The van der Waals surface area contributed by atoms with Gasteiger partial charge in [0.05, 0.1) is 5.60 Å². The monoisotopic (exact) mass is 348 g/mol. The number of hydrogen-bond donors (Lipinski definition) is 2. The number of rotatable bonds is 3. The van der Waals surface area contributed by atoms with Crippen molar-refractivity contribution in [1.82, 2.24) is 0 Å². The average molecular weight is 348 g/mol. The molecule has 1 aliphatic rings. The number of aliphatic hydroxyl groups is 2. The topological polar surface area (TPSA) is 48.1 Å². The second-order valence-electron chi connectivity index (χ2n) is 5.15. The van der Waals surface area contributed by atoms with E-state index < -0.39 is 5.60 Å². The van der Waals surface area contributed by atoms with Crippen LogP contribution in [0, 0.1) is 19.6 Å². The average Bonchev–Trinajstić information content (AvgIpc) is 2.39. The third-order valence-electron chi connectivity index (χ3n) is 3.83. The molecule has 2 N–H and O–H groups in total. The zero-order valence-corrected chi connectivity index (χ0v) is 14.6. The summed E-state index contributed by atoms with van der Waals surface area (Å²) in [6.07, 6.45) is 1.76. The summed E-state index contributed by atoms with van der Waals surface area (Å²) in [6, 6.07) is 6.97. The van der Waals surface area contributed by atoms with Gasteiger partial charge in [-0.15, -0.1) is 12.1 Å². The van der Waals surface area contributed by atoms with Crippen LogP contribution >= 0.6 is 0 Å². The summed E-state index contributed by atoms with van der Waals surface area (Å²) in [5.41, 5.74) is 1.76. The van der Waals surface area contributed by atoms with Crippen LogP contribution in [0.4, 0.5) is 11.4 Å². The molecule has 1 saturated heterocycles. The number of benzene rings is 1. The number of nitrogens with zero attached hydrogens (tertiary/aromatic N) is 2. The molecule has 20 heavy (non-hydrogen) atoms. The number of aliphatic hydroxyl groups excluding tert-OH is 1. The molecule has 4 nitrogen and oxygen atoms in total. The molecule has 105 valence electrons. The summed E-state index contributed by atoms with van der Waals surface area (Å²) < 4.78 is 0. The molecule has 1 fully saturated rings. The van der Waals surface area contributed by atoms with Crippen molar-refractivity contribution in [3.05, 3.63) is 35.2 Å². The summed E-state index contributed by atoms with van der Waals surface area (Å²) in [7, 11) is 0. The molecule has 0 atom stereocenters. The first-order chi connectivity index (χ1) is 9.08. The molecule has 0 amide bonds. The second kappa shape index (κ2) is 7.52. The van der Waals surface area contributed by atoms with E-state index in [1.165, 1.54) is 0 Å². The first-order valence-electron chi connectivity index (χ1n) is 6.56. The normalized spacial score (nSPS) is 17.2. The van der Waals surface area contributed by atoms with Crippen molar-refractivity contribution >= 4 is 11.4 Å². The van der Waals surface area contributed by atoms with Crippen LogP contribution < -0.4 is 4.90 Å². The van der Waals surface area contributed by atoms with Gasteiger partial charge >= 0.3 is 0 Å². The van der Waals surface area contributed by atoms with E-state index in [2.05, 4.69) is 15.8 Å². The fourth-order valence-corrected chi connectivity index (χ4v) is 2.51.